The molecular formula is C32H29N3O4. The molecule has 39 heavy (non-hydrogen) atoms. The van der Waals surface area contributed by atoms with Crippen molar-refractivity contribution in [1.29, 1.82) is 0 Å². The van der Waals surface area contributed by atoms with Crippen LogP contribution in [0.2, 0.25) is 0 Å². The van der Waals surface area contributed by atoms with Crippen LogP contribution in [0, 0.1) is 6.92 Å². The largest absolute Gasteiger partial charge is 0.480 e. The molecule has 0 bridgehead atoms. The molecule has 196 valence electrons. The Hall–Kier alpha value is -4.91. The van der Waals surface area contributed by atoms with E-state index in [2.05, 4.69) is 5.32 Å². The van der Waals surface area contributed by atoms with Crippen LogP contribution in [0.4, 0.5) is 17.1 Å². The molecule has 0 radical (unpaired) electrons. The minimum Gasteiger partial charge on any atom is -0.480 e. The number of amides is 2. The number of hydrogen-bond acceptors (Lipinski definition) is 4. The second-order valence-corrected chi connectivity index (χ2v) is 9.51. The highest BCUT2D eigenvalue weighted by atomic mass is 16.4. The summed E-state index contributed by atoms with van der Waals surface area (Å²) in [6, 6.07) is 29.7. The van der Waals surface area contributed by atoms with E-state index in [0.717, 1.165) is 22.4 Å². The number of nitrogens with zero attached hydrogens (tertiary/aromatic N) is 2. The topological polar surface area (TPSA) is 90.0 Å². The van der Waals surface area contributed by atoms with E-state index in [1.165, 1.54) is 0 Å². The number of hydrogen-bond donors (Lipinski definition) is 2. The molecular weight excluding hydrogens is 490 g/mol. The van der Waals surface area contributed by atoms with Crippen molar-refractivity contribution in [2.45, 2.75) is 13.3 Å². The van der Waals surface area contributed by atoms with Gasteiger partial charge in [0, 0.05) is 29.9 Å². The minimum absolute atomic E-state index is 0.125. The van der Waals surface area contributed by atoms with E-state index in [4.69, 9.17) is 0 Å². The smallest absolute Gasteiger partial charge is 0.323 e. The molecule has 7 heteroatoms. The number of aryl methyl sites for hydroxylation is 1. The normalized spacial score (nSPS) is 12.8. The lowest BCUT2D eigenvalue weighted by Gasteiger charge is -2.25. The van der Waals surface area contributed by atoms with E-state index in [9.17, 15) is 19.5 Å². The predicted molar refractivity (Wildman–Crippen MR) is 154 cm³/mol. The van der Waals surface area contributed by atoms with Crippen molar-refractivity contribution in [2.24, 2.45) is 0 Å². The van der Waals surface area contributed by atoms with Crippen LogP contribution in [0.1, 0.15) is 32.7 Å². The van der Waals surface area contributed by atoms with Gasteiger partial charge in [0.15, 0.2) is 0 Å². The van der Waals surface area contributed by atoms with Crippen LogP contribution in [0.25, 0.3) is 11.1 Å². The zero-order chi connectivity index (χ0) is 27.4. The molecule has 7 nitrogen and oxygen atoms in total. The Morgan fingerprint density at radius 3 is 2.13 bits per heavy atom. The van der Waals surface area contributed by atoms with Gasteiger partial charge < -0.3 is 20.2 Å². The molecule has 1 aliphatic heterocycles. The molecule has 0 unspecified atom stereocenters. The van der Waals surface area contributed by atoms with Gasteiger partial charge in [0.1, 0.15) is 6.54 Å². The zero-order valence-corrected chi connectivity index (χ0v) is 21.6. The number of para-hydroxylation sites is 2. The van der Waals surface area contributed by atoms with Gasteiger partial charge >= 0.3 is 5.97 Å². The van der Waals surface area contributed by atoms with Gasteiger partial charge in [0.25, 0.3) is 11.8 Å². The molecule has 0 aliphatic carbocycles. The number of carbonyl (C=O) groups is 3. The number of anilines is 3. The van der Waals surface area contributed by atoms with Crippen molar-refractivity contribution in [2.75, 3.05) is 34.8 Å². The van der Waals surface area contributed by atoms with Gasteiger partial charge in [0.05, 0.1) is 11.4 Å². The highest BCUT2D eigenvalue weighted by Gasteiger charge is 2.26. The van der Waals surface area contributed by atoms with Crippen LogP contribution in [-0.4, -0.2) is 42.5 Å². The van der Waals surface area contributed by atoms with Gasteiger partial charge in [-0.15, -0.1) is 0 Å². The van der Waals surface area contributed by atoms with Gasteiger partial charge in [-0.25, -0.2) is 0 Å². The number of carboxylic acids is 1. The Balaban J connectivity index is 1.35. The number of rotatable bonds is 6. The van der Waals surface area contributed by atoms with Gasteiger partial charge in [-0.2, -0.15) is 0 Å². The first-order chi connectivity index (χ1) is 18.9. The first kappa shape index (κ1) is 25.7. The molecule has 0 saturated heterocycles. The summed E-state index contributed by atoms with van der Waals surface area (Å²) in [5.41, 5.74) is 5.99. The van der Waals surface area contributed by atoms with E-state index in [1.807, 2.05) is 73.7 Å². The molecule has 5 rings (SSSR count). The van der Waals surface area contributed by atoms with Crippen molar-refractivity contribution in [1.82, 2.24) is 0 Å². The Bertz CT molecular complexity index is 1530. The predicted octanol–water partition coefficient (Wildman–Crippen LogP) is 5.86. The highest BCUT2D eigenvalue weighted by Crippen LogP contribution is 2.33. The standard InChI is InChI=1S/C32H29N3O4/c1-22-9-2-3-10-25(22)26-11-4-5-12-27(26)31(38)33-24-17-15-23(16-18-24)32(39)35-20-8-19-34(21-30(36)37)28-13-6-7-14-29(28)35/h2-7,9-18H,8,19-21H2,1H3,(H,33,38)(H,36,37). The first-order valence-corrected chi connectivity index (χ1v) is 12.9. The summed E-state index contributed by atoms with van der Waals surface area (Å²) >= 11 is 0. The summed E-state index contributed by atoms with van der Waals surface area (Å²) in [5.74, 6) is -1.32. The molecule has 4 aromatic rings. The third-order valence-electron chi connectivity index (χ3n) is 6.89. The summed E-state index contributed by atoms with van der Waals surface area (Å²) in [7, 11) is 0. The Kier molecular flexibility index (Phi) is 7.41. The van der Waals surface area contributed by atoms with E-state index in [-0.39, 0.29) is 18.4 Å². The Labute approximate surface area is 227 Å². The molecule has 0 saturated carbocycles. The van der Waals surface area contributed by atoms with E-state index in [0.29, 0.717) is 42.0 Å². The average Bonchev–Trinajstić information content (AvgIpc) is 3.12. The maximum absolute atomic E-state index is 13.5. The second-order valence-electron chi connectivity index (χ2n) is 9.51. The third-order valence-corrected chi connectivity index (χ3v) is 6.89. The maximum atomic E-state index is 13.5. The summed E-state index contributed by atoms with van der Waals surface area (Å²) in [4.78, 5) is 41.6. The number of aliphatic carboxylic acids is 1. The zero-order valence-electron chi connectivity index (χ0n) is 21.6. The summed E-state index contributed by atoms with van der Waals surface area (Å²) in [6.45, 7) is 2.91. The molecule has 1 aliphatic rings. The fourth-order valence-corrected chi connectivity index (χ4v) is 5.00. The van der Waals surface area contributed by atoms with Crippen LogP contribution in [0.3, 0.4) is 0 Å². The Morgan fingerprint density at radius 2 is 1.41 bits per heavy atom. The number of carboxylic acid groups (broad SMARTS) is 1. The van der Waals surface area contributed by atoms with Crippen LogP contribution >= 0.6 is 0 Å². The second kappa shape index (κ2) is 11.2. The molecule has 0 aromatic heterocycles. The Morgan fingerprint density at radius 1 is 0.769 bits per heavy atom. The van der Waals surface area contributed by atoms with Gasteiger partial charge in [0.2, 0.25) is 0 Å². The van der Waals surface area contributed by atoms with Crippen molar-refractivity contribution in [3.8, 4) is 11.1 Å². The third kappa shape index (κ3) is 5.52. The fourth-order valence-electron chi connectivity index (χ4n) is 5.00. The van der Waals surface area contributed by atoms with Crippen LogP contribution < -0.4 is 15.1 Å². The molecule has 2 amide bonds. The van der Waals surface area contributed by atoms with Crippen LogP contribution in [0.5, 0.6) is 0 Å². The monoisotopic (exact) mass is 519 g/mol. The van der Waals surface area contributed by atoms with Crippen LogP contribution in [-0.2, 0) is 4.79 Å². The van der Waals surface area contributed by atoms with Gasteiger partial charge in [-0.1, -0.05) is 54.6 Å². The molecule has 0 spiro atoms. The van der Waals surface area contributed by atoms with E-state index < -0.39 is 5.97 Å². The molecule has 0 fully saturated rings. The van der Waals surface area contributed by atoms with E-state index in [1.54, 1.807) is 40.1 Å². The maximum Gasteiger partial charge on any atom is 0.323 e. The van der Waals surface area contributed by atoms with Crippen molar-refractivity contribution in [3.05, 3.63) is 114 Å². The molecule has 4 aromatic carbocycles. The summed E-state index contributed by atoms with van der Waals surface area (Å²) < 4.78 is 0. The summed E-state index contributed by atoms with van der Waals surface area (Å²) in [6.07, 6.45) is 0.641. The number of fused-ring (bicyclic) bond motifs is 1. The average molecular weight is 520 g/mol. The molecule has 2 N–H and O–H groups in total. The fraction of sp³-hybridized carbons (Fsp3) is 0.156. The van der Waals surface area contributed by atoms with Crippen LogP contribution in [0.15, 0.2) is 97.1 Å². The lowest BCUT2D eigenvalue weighted by molar-refractivity contribution is -0.135. The van der Waals surface area contributed by atoms with Gasteiger partial charge in [-0.3, -0.25) is 14.4 Å². The first-order valence-electron chi connectivity index (χ1n) is 12.9. The van der Waals surface area contributed by atoms with Crippen molar-refractivity contribution < 1.29 is 19.5 Å². The molecule has 0 atom stereocenters. The van der Waals surface area contributed by atoms with Gasteiger partial charge in [-0.05, 0) is 72.5 Å². The molecule has 1 heterocycles. The van der Waals surface area contributed by atoms with Crippen molar-refractivity contribution >= 4 is 34.8 Å². The quantitative estimate of drug-likeness (QED) is 0.333. The lowest BCUT2D eigenvalue weighted by Crippen LogP contribution is -2.31. The van der Waals surface area contributed by atoms with E-state index >= 15 is 0 Å². The number of carbonyl (C=O) groups excluding carboxylic acids is 2. The highest BCUT2D eigenvalue weighted by molar-refractivity contribution is 6.10. The SMILES string of the molecule is Cc1ccccc1-c1ccccc1C(=O)Nc1ccc(C(=O)N2CCCN(CC(=O)O)c3ccccc32)cc1. The lowest BCUT2D eigenvalue weighted by atomic mass is 9.95. The van der Waals surface area contributed by atoms with Crippen molar-refractivity contribution in [3.63, 3.8) is 0 Å². The minimum atomic E-state index is -0.913. The summed E-state index contributed by atoms with van der Waals surface area (Å²) in [5, 5.41) is 12.3. The number of benzene rings is 4. The number of nitrogens with one attached hydrogen (secondary N) is 1.